The van der Waals surface area contributed by atoms with E-state index in [0.717, 1.165) is 42.2 Å². The number of carbonyl (C=O) groups excluding carboxylic acids is 2. The molecule has 234 valence electrons. The van der Waals surface area contributed by atoms with Gasteiger partial charge in [-0.05, 0) is 86.9 Å². The van der Waals surface area contributed by atoms with Crippen LogP contribution in [0.3, 0.4) is 0 Å². The van der Waals surface area contributed by atoms with Gasteiger partial charge >= 0.3 is 12.2 Å². The van der Waals surface area contributed by atoms with Gasteiger partial charge in [-0.25, -0.2) is 13.2 Å². The summed E-state index contributed by atoms with van der Waals surface area (Å²) in [5.74, 6) is -0.301. The first-order valence-electron chi connectivity index (χ1n) is 14.3. The second-order valence-corrected chi connectivity index (χ2v) is 12.5. The highest BCUT2D eigenvalue weighted by atomic mass is 32.2. The van der Waals surface area contributed by atoms with Crippen LogP contribution in [0.4, 0.5) is 23.7 Å². The van der Waals surface area contributed by atoms with Gasteiger partial charge in [-0.2, -0.15) is 17.5 Å². The van der Waals surface area contributed by atoms with Crippen LogP contribution in [0.15, 0.2) is 35.0 Å². The molecule has 12 heteroatoms. The van der Waals surface area contributed by atoms with E-state index in [0.29, 0.717) is 42.6 Å². The molecule has 0 aromatic heterocycles. The fraction of sp³-hybridized carbons (Fsp3) is 0.567. The molecule has 0 saturated heterocycles. The van der Waals surface area contributed by atoms with Crippen LogP contribution >= 0.6 is 0 Å². The third kappa shape index (κ3) is 12.4. The van der Waals surface area contributed by atoms with Crippen molar-refractivity contribution in [2.24, 2.45) is 5.73 Å². The maximum Gasteiger partial charge on any atom is 0.389 e. The molecule has 1 aromatic rings. The SMILES string of the molecule is Cc1cc(N(C)C(N)=O)cc(C)c1/C=C/S(=O)(=O)N1CCCC=C=C(CCCCCCCCC(F)(F)F)NC(=O)CC1. The number of nitrogens with two attached hydrogens (primary N) is 1. The highest BCUT2D eigenvalue weighted by Gasteiger charge is 2.25. The molecule has 1 heterocycles. The molecule has 3 N–H and O–H groups in total. The maximum atomic E-state index is 13.2. The zero-order chi connectivity index (χ0) is 31.3. The Hall–Kier alpha value is -3.08. The summed E-state index contributed by atoms with van der Waals surface area (Å²) in [5.41, 5.74) is 12.0. The quantitative estimate of drug-likeness (QED) is 0.209. The third-order valence-corrected chi connectivity index (χ3v) is 8.68. The summed E-state index contributed by atoms with van der Waals surface area (Å²) in [7, 11) is -2.26. The number of hydrogen-bond donors (Lipinski definition) is 2. The molecule has 1 aliphatic rings. The Morgan fingerprint density at radius 2 is 1.71 bits per heavy atom. The summed E-state index contributed by atoms with van der Waals surface area (Å²) in [6.07, 6.45) is 4.12. The number of nitrogens with zero attached hydrogens (tertiary/aromatic N) is 2. The van der Waals surface area contributed by atoms with Crippen molar-refractivity contribution in [3.8, 4) is 0 Å². The van der Waals surface area contributed by atoms with Crippen LogP contribution in [0.2, 0.25) is 0 Å². The minimum atomic E-state index is -4.10. The van der Waals surface area contributed by atoms with Gasteiger partial charge in [0.25, 0.3) is 0 Å². The fourth-order valence-corrected chi connectivity index (χ4v) is 5.88. The molecule has 0 saturated carbocycles. The number of benzene rings is 1. The molecule has 1 aliphatic heterocycles. The van der Waals surface area contributed by atoms with Gasteiger partial charge in [-0.3, -0.25) is 9.69 Å². The number of aryl methyl sites for hydroxylation is 2. The van der Waals surface area contributed by atoms with E-state index in [1.165, 1.54) is 15.3 Å². The monoisotopic (exact) mass is 612 g/mol. The van der Waals surface area contributed by atoms with E-state index in [1.54, 1.807) is 25.3 Å². The van der Waals surface area contributed by atoms with Crippen molar-refractivity contribution in [3.63, 3.8) is 0 Å². The van der Waals surface area contributed by atoms with Crippen molar-refractivity contribution in [3.05, 3.63) is 51.7 Å². The molecule has 0 unspecified atom stereocenters. The van der Waals surface area contributed by atoms with Gasteiger partial charge in [-0.1, -0.05) is 25.7 Å². The number of hydrogen-bond acceptors (Lipinski definition) is 4. The molecule has 2 rings (SSSR count). The highest BCUT2D eigenvalue weighted by Crippen LogP contribution is 2.25. The summed E-state index contributed by atoms with van der Waals surface area (Å²) < 4.78 is 64.5. The van der Waals surface area contributed by atoms with Crippen LogP contribution in [0, 0.1) is 13.8 Å². The third-order valence-electron chi connectivity index (χ3n) is 7.11. The van der Waals surface area contributed by atoms with E-state index in [4.69, 9.17) is 5.73 Å². The van der Waals surface area contributed by atoms with Crippen molar-refractivity contribution in [1.29, 1.82) is 0 Å². The molecule has 42 heavy (non-hydrogen) atoms. The molecular weight excluding hydrogens is 569 g/mol. The smallest absolute Gasteiger partial charge is 0.351 e. The average molecular weight is 613 g/mol. The van der Waals surface area contributed by atoms with Gasteiger partial charge in [0.1, 0.15) is 0 Å². The summed E-state index contributed by atoms with van der Waals surface area (Å²) >= 11 is 0. The first-order chi connectivity index (χ1) is 19.7. The van der Waals surface area contributed by atoms with E-state index in [-0.39, 0.29) is 31.8 Å². The number of rotatable bonds is 12. The summed E-state index contributed by atoms with van der Waals surface area (Å²) in [6.45, 7) is 3.93. The molecule has 0 spiro atoms. The molecule has 0 aliphatic carbocycles. The lowest BCUT2D eigenvalue weighted by Crippen LogP contribution is -2.34. The van der Waals surface area contributed by atoms with Gasteiger partial charge in [0.05, 0.1) is 5.70 Å². The van der Waals surface area contributed by atoms with Crippen molar-refractivity contribution >= 4 is 33.7 Å². The molecule has 8 nitrogen and oxygen atoms in total. The number of allylic oxidation sites excluding steroid dienone is 1. The summed E-state index contributed by atoms with van der Waals surface area (Å²) in [5, 5.41) is 4.00. The largest absolute Gasteiger partial charge is 0.389 e. The fourth-order valence-electron chi connectivity index (χ4n) is 4.67. The second kappa shape index (κ2) is 16.5. The molecule has 0 bridgehead atoms. The van der Waals surface area contributed by atoms with Crippen LogP contribution in [0.25, 0.3) is 6.08 Å². The van der Waals surface area contributed by atoms with Crippen molar-refractivity contribution in [1.82, 2.24) is 9.62 Å². The van der Waals surface area contributed by atoms with Crippen LogP contribution in [0.5, 0.6) is 0 Å². The summed E-state index contributed by atoms with van der Waals surface area (Å²) in [4.78, 5) is 25.5. The molecule has 1 aromatic carbocycles. The highest BCUT2D eigenvalue weighted by molar-refractivity contribution is 7.92. The number of primary amides is 1. The Kier molecular flexibility index (Phi) is 13.8. The Morgan fingerprint density at radius 3 is 2.33 bits per heavy atom. The van der Waals surface area contributed by atoms with E-state index in [1.807, 2.05) is 13.8 Å². The minimum absolute atomic E-state index is 0.0103. The van der Waals surface area contributed by atoms with Crippen molar-refractivity contribution < 1.29 is 31.2 Å². The topological polar surface area (TPSA) is 113 Å². The van der Waals surface area contributed by atoms with Crippen molar-refractivity contribution in [2.45, 2.75) is 90.7 Å². The maximum absolute atomic E-state index is 13.2. The zero-order valence-corrected chi connectivity index (χ0v) is 25.5. The van der Waals surface area contributed by atoms with E-state index < -0.39 is 28.7 Å². The lowest BCUT2D eigenvalue weighted by atomic mass is 10.0. The number of nitrogens with one attached hydrogen (secondary N) is 1. The predicted molar refractivity (Wildman–Crippen MR) is 160 cm³/mol. The standard InChI is InChI=1S/C30H43F3N4O4S/c1-23-21-26(36(3)29(34)39)22-24(2)27(23)16-20-42(40,41)37-18-12-8-10-14-25(35-28(38)15-19-37)13-9-6-4-5-7-11-17-30(31,32)33/h10,16,20-22H,4-9,11-13,15,17-19H2,1-3H3,(H2,34,39)(H,35,38)/b20-16+. The zero-order valence-electron chi connectivity index (χ0n) is 24.7. The van der Waals surface area contributed by atoms with E-state index in [2.05, 4.69) is 11.0 Å². The normalized spacial score (nSPS) is 15.8. The number of amides is 3. The number of sulfonamides is 1. The van der Waals surface area contributed by atoms with Gasteiger partial charge in [-0.15, -0.1) is 5.73 Å². The lowest BCUT2D eigenvalue weighted by Gasteiger charge is -2.20. The number of urea groups is 1. The van der Waals surface area contributed by atoms with E-state index in [9.17, 15) is 31.2 Å². The number of carbonyl (C=O) groups is 2. The number of halogens is 3. The first kappa shape index (κ1) is 35.1. The Balaban J connectivity index is 1.94. The Morgan fingerprint density at radius 1 is 1.10 bits per heavy atom. The number of unbranched alkanes of at least 4 members (excludes halogenated alkanes) is 5. The molecule has 0 radical (unpaired) electrons. The van der Waals surface area contributed by atoms with Gasteiger partial charge in [0.15, 0.2) is 0 Å². The first-order valence-corrected chi connectivity index (χ1v) is 15.8. The Labute approximate surface area is 247 Å². The molecule has 0 fully saturated rings. The van der Waals surface area contributed by atoms with Crippen LogP contribution in [-0.4, -0.2) is 51.0 Å². The van der Waals surface area contributed by atoms with Crippen LogP contribution in [-0.2, 0) is 14.8 Å². The lowest BCUT2D eigenvalue weighted by molar-refractivity contribution is -0.135. The van der Waals surface area contributed by atoms with Gasteiger partial charge in [0.2, 0.25) is 15.9 Å². The second-order valence-electron chi connectivity index (χ2n) is 10.6. The molecule has 3 amide bonds. The average Bonchev–Trinajstić information content (AvgIpc) is 2.93. The molecule has 0 atom stereocenters. The molecular formula is C30H43F3N4O4S. The Bertz CT molecular complexity index is 1260. The predicted octanol–water partition coefficient (Wildman–Crippen LogP) is 6.44. The van der Waals surface area contributed by atoms with E-state index >= 15 is 0 Å². The van der Waals surface area contributed by atoms with Crippen LogP contribution < -0.4 is 16.0 Å². The minimum Gasteiger partial charge on any atom is -0.351 e. The van der Waals surface area contributed by atoms with Gasteiger partial charge in [0, 0.05) is 44.1 Å². The van der Waals surface area contributed by atoms with Crippen LogP contribution in [0.1, 0.15) is 87.3 Å². The van der Waals surface area contributed by atoms with Gasteiger partial charge < -0.3 is 11.1 Å². The van der Waals surface area contributed by atoms with Crippen molar-refractivity contribution in [2.75, 3.05) is 25.0 Å². The number of alkyl halides is 3. The number of anilines is 1. The summed E-state index contributed by atoms with van der Waals surface area (Å²) in [6, 6.07) is 2.92.